The molecule has 6 heteroatoms. The maximum Gasteiger partial charge on any atom is 0.120 e. The van der Waals surface area contributed by atoms with E-state index < -0.39 is 13.3 Å². The molecule has 0 bridgehead atoms. The molecule has 265 valence electrons. The van der Waals surface area contributed by atoms with E-state index in [2.05, 4.69) is 139 Å². The first-order valence-corrected chi connectivity index (χ1v) is 25.3. The number of benzene rings is 6. The first kappa shape index (κ1) is 36.5. The fourth-order valence-corrected chi connectivity index (χ4v) is 10.5. The van der Waals surface area contributed by atoms with Crippen molar-refractivity contribution in [3.8, 4) is 28.3 Å². The summed E-state index contributed by atoms with van der Waals surface area (Å²) in [5.41, 5.74) is 9.27. The van der Waals surface area contributed by atoms with Crippen LogP contribution in [-0.4, -0.2) is 27.8 Å². The molecule has 9 aromatic rings. The third kappa shape index (κ3) is 7.26. The van der Waals surface area contributed by atoms with Crippen molar-refractivity contribution in [2.45, 2.75) is 37.5 Å². The third-order valence-corrected chi connectivity index (χ3v) is 13.9. The number of pyridine rings is 1. The van der Waals surface area contributed by atoms with E-state index in [0.29, 0.717) is 5.92 Å². The van der Waals surface area contributed by atoms with E-state index in [4.69, 9.17) is 14.4 Å². The predicted molar refractivity (Wildman–Crippen MR) is 220 cm³/mol. The first-order valence-electron chi connectivity index (χ1n) is 18.0. The Labute approximate surface area is 327 Å². The van der Waals surface area contributed by atoms with Gasteiger partial charge in [0.2, 0.25) is 0 Å². The Morgan fingerprint density at radius 2 is 1.47 bits per heavy atom. The molecule has 1 radical (unpaired) electrons. The maximum atomic E-state index is 6.33. The standard InChI is InChI=1S/C29H17N2O.C18H24GeN.Ir/c1-2-11-20-19(9-1)10-7-17-25(20)31-26-16-5-4-15-24(26)30-29(31)23-14-8-13-22-21-12-3-6-18-27(21)32-28(22)23;1-14(2)11-16-12-18(15-9-7-6-8-10-15)20-13-17(16)19(3,4)5;/h1-13,15-18H;6-9,12-14H,11H2,1-5H3;/q2*-1;. The van der Waals surface area contributed by atoms with Crippen LogP contribution in [0.5, 0.6) is 0 Å². The summed E-state index contributed by atoms with van der Waals surface area (Å²) < 4.78 is 10.1. The van der Waals surface area contributed by atoms with Crippen LogP contribution in [0.4, 0.5) is 0 Å². The van der Waals surface area contributed by atoms with Gasteiger partial charge in [-0.15, -0.1) is 18.2 Å². The maximum absolute atomic E-state index is 6.33. The summed E-state index contributed by atoms with van der Waals surface area (Å²) in [5.74, 6) is 8.82. The van der Waals surface area contributed by atoms with Crippen LogP contribution in [0.2, 0.25) is 17.3 Å². The van der Waals surface area contributed by atoms with E-state index in [9.17, 15) is 0 Å². The molecular formula is C47H41GeIrN3O-2. The number of hydrogen-bond donors (Lipinski definition) is 0. The average molecular weight is 929 g/mol. The quantitative estimate of drug-likeness (QED) is 0.123. The van der Waals surface area contributed by atoms with Crippen molar-refractivity contribution in [3.05, 3.63) is 157 Å². The van der Waals surface area contributed by atoms with Crippen LogP contribution in [0.1, 0.15) is 19.4 Å². The monoisotopic (exact) mass is 930 g/mol. The van der Waals surface area contributed by atoms with Crippen LogP contribution in [0.15, 0.2) is 144 Å². The van der Waals surface area contributed by atoms with E-state index in [1.807, 2.05) is 48.5 Å². The van der Waals surface area contributed by atoms with Crippen LogP contribution in [-0.2, 0) is 26.5 Å². The molecule has 3 aromatic heterocycles. The fourth-order valence-electron chi connectivity index (χ4n) is 7.18. The summed E-state index contributed by atoms with van der Waals surface area (Å²) in [6.07, 6.45) is 3.27. The number of nitrogens with zero attached hydrogens (tertiary/aromatic N) is 3. The van der Waals surface area contributed by atoms with Crippen molar-refractivity contribution in [1.29, 1.82) is 0 Å². The zero-order chi connectivity index (χ0) is 35.8. The minimum atomic E-state index is -1.86. The zero-order valence-electron chi connectivity index (χ0n) is 30.6. The number of rotatable bonds is 6. The molecular weight excluding hydrogens is 887 g/mol. The van der Waals surface area contributed by atoms with Crippen LogP contribution in [0.25, 0.3) is 72.1 Å². The Morgan fingerprint density at radius 3 is 2.26 bits per heavy atom. The van der Waals surface area contributed by atoms with E-state index in [-0.39, 0.29) is 20.1 Å². The Bertz CT molecular complexity index is 2680. The minimum Gasteiger partial charge on any atom is -0.501 e. The molecule has 0 atom stereocenters. The minimum absolute atomic E-state index is 0. The number of aromatic nitrogens is 3. The van der Waals surface area contributed by atoms with Gasteiger partial charge in [-0.1, -0.05) is 77.7 Å². The van der Waals surface area contributed by atoms with Gasteiger partial charge in [0.25, 0.3) is 0 Å². The smallest absolute Gasteiger partial charge is 0.120 e. The molecule has 0 aliphatic heterocycles. The van der Waals surface area contributed by atoms with E-state index in [1.54, 1.807) is 4.40 Å². The molecule has 0 spiro atoms. The van der Waals surface area contributed by atoms with Crippen molar-refractivity contribution in [2.24, 2.45) is 5.92 Å². The molecule has 0 amide bonds. The molecule has 0 saturated heterocycles. The van der Waals surface area contributed by atoms with Crippen molar-refractivity contribution in [2.75, 3.05) is 0 Å². The van der Waals surface area contributed by atoms with E-state index in [0.717, 1.165) is 67.7 Å². The second kappa shape index (κ2) is 15.3. The zero-order valence-corrected chi connectivity index (χ0v) is 35.1. The van der Waals surface area contributed by atoms with Crippen LogP contribution in [0.3, 0.4) is 0 Å². The van der Waals surface area contributed by atoms with Crippen molar-refractivity contribution in [3.63, 3.8) is 0 Å². The van der Waals surface area contributed by atoms with E-state index >= 15 is 0 Å². The molecule has 0 fully saturated rings. The Balaban J connectivity index is 0.000000180. The number of furan rings is 1. The van der Waals surface area contributed by atoms with Gasteiger partial charge in [-0.05, 0) is 29.7 Å². The second-order valence-electron chi connectivity index (χ2n) is 14.8. The summed E-state index contributed by atoms with van der Waals surface area (Å²) in [4.78, 5) is 9.76. The second-order valence-corrected chi connectivity index (χ2v) is 25.4. The predicted octanol–water partition coefficient (Wildman–Crippen LogP) is 11.8. The van der Waals surface area contributed by atoms with Crippen molar-refractivity contribution < 1.29 is 24.5 Å². The SMILES string of the molecule is CC(C)Cc1cc(-c2[c-]cccc2)nc[c]1[Ge]([CH3])([CH3])[CH3].[Ir].[c-]1ccc2c(oc3ccccc32)c1-c1nc2ccccc2n1-c1cccc2ccccc12. The largest absolute Gasteiger partial charge is 0.501 e. The first-order chi connectivity index (χ1) is 25.3. The molecule has 53 heavy (non-hydrogen) atoms. The van der Waals surface area contributed by atoms with Gasteiger partial charge in [0.15, 0.2) is 0 Å². The van der Waals surface area contributed by atoms with Crippen molar-refractivity contribution in [1.82, 2.24) is 14.5 Å². The summed E-state index contributed by atoms with van der Waals surface area (Å²) in [7, 11) is 0. The molecule has 6 aromatic carbocycles. The van der Waals surface area contributed by atoms with Crippen LogP contribution >= 0.6 is 0 Å². The molecule has 9 rings (SSSR count). The van der Waals surface area contributed by atoms with Gasteiger partial charge in [0, 0.05) is 36.6 Å². The molecule has 0 unspecified atom stereocenters. The molecule has 3 heterocycles. The molecule has 0 aliphatic carbocycles. The number of para-hydroxylation sites is 3. The molecule has 0 saturated carbocycles. The number of fused-ring (bicyclic) bond motifs is 5. The van der Waals surface area contributed by atoms with Gasteiger partial charge in [0.1, 0.15) is 5.58 Å². The number of imidazole rings is 1. The van der Waals surface area contributed by atoms with Gasteiger partial charge < -0.3 is 8.98 Å². The molecule has 4 nitrogen and oxygen atoms in total. The van der Waals surface area contributed by atoms with E-state index in [1.165, 1.54) is 16.3 Å². The topological polar surface area (TPSA) is 43.9 Å². The van der Waals surface area contributed by atoms with Crippen LogP contribution in [0, 0.1) is 18.1 Å². The van der Waals surface area contributed by atoms with Gasteiger partial charge in [-0.3, -0.25) is 4.98 Å². The van der Waals surface area contributed by atoms with Gasteiger partial charge in [-0.25, -0.2) is 0 Å². The third-order valence-electron chi connectivity index (χ3n) is 9.54. The summed E-state index contributed by atoms with van der Waals surface area (Å²) >= 11 is -1.86. The van der Waals surface area contributed by atoms with Gasteiger partial charge in [0.05, 0.1) is 22.4 Å². The van der Waals surface area contributed by atoms with Crippen LogP contribution < -0.4 is 4.40 Å². The normalized spacial score (nSPS) is 11.6. The number of hydrogen-bond acceptors (Lipinski definition) is 3. The summed E-state index contributed by atoms with van der Waals surface area (Å²) in [5, 5.41) is 4.55. The molecule has 0 N–H and O–H groups in total. The Kier molecular flexibility index (Phi) is 10.5. The Hall–Kier alpha value is -4.81. The summed E-state index contributed by atoms with van der Waals surface area (Å²) in [6.45, 7) is 4.57. The average Bonchev–Trinajstić information content (AvgIpc) is 3.73. The molecule has 0 aliphatic rings. The van der Waals surface area contributed by atoms with Gasteiger partial charge in [-0.2, -0.15) is 0 Å². The van der Waals surface area contributed by atoms with Crippen molar-refractivity contribution >= 4 is 61.4 Å². The van der Waals surface area contributed by atoms with Gasteiger partial charge >= 0.3 is 126 Å². The fraction of sp³-hybridized carbons (Fsp3) is 0.149. The summed E-state index contributed by atoms with van der Waals surface area (Å²) in [6, 6.07) is 52.4. The Morgan fingerprint density at radius 1 is 0.736 bits per heavy atom.